The molecule has 0 radical (unpaired) electrons. The maximum atomic E-state index is 12.9. The van der Waals surface area contributed by atoms with E-state index in [-0.39, 0.29) is 17.5 Å². The van der Waals surface area contributed by atoms with Crippen LogP contribution in [0.3, 0.4) is 0 Å². The lowest BCUT2D eigenvalue weighted by molar-refractivity contribution is -0.122. The molecule has 1 aromatic carbocycles. The zero-order valence-corrected chi connectivity index (χ0v) is 18.2. The van der Waals surface area contributed by atoms with Crippen molar-refractivity contribution in [2.75, 3.05) is 13.2 Å². The summed E-state index contributed by atoms with van der Waals surface area (Å²) in [5, 5.41) is 12.4. The Morgan fingerprint density at radius 2 is 1.94 bits per heavy atom. The topological polar surface area (TPSA) is 115 Å². The number of fused-ring (bicyclic) bond motifs is 2. The van der Waals surface area contributed by atoms with E-state index in [1.54, 1.807) is 0 Å². The number of nitriles is 1. The predicted molar refractivity (Wildman–Crippen MR) is 116 cm³/mol. The molecule has 0 aliphatic carbocycles. The summed E-state index contributed by atoms with van der Waals surface area (Å²) < 4.78 is 13.7. The molecular formula is C23H26N4O5. The van der Waals surface area contributed by atoms with Gasteiger partial charge in [0.2, 0.25) is 5.91 Å². The van der Waals surface area contributed by atoms with Crippen molar-refractivity contribution in [3.8, 4) is 17.6 Å². The fourth-order valence-electron chi connectivity index (χ4n) is 4.26. The number of nitrogens with zero attached hydrogens (tertiary/aromatic N) is 3. The van der Waals surface area contributed by atoms with Crippen LogP contribution in [-0.2, 0) is 24.3 Å². The van der Waals surface area contributed by atoms with Crippen LogP contribution in [0.1, 0.15) is 49.6 Å². The lowest BCUT2D eigenvalue weighted by atomic mass is 9.95. The average molecular weight is 438 g/mol. The summed E-state index contributed by atoms with van der Waals surface area (Å²) in [6.45, 7) is 5.08. The predicted octanol–water partition coefficient (Wildman–Crippen LogP) is 1.50. The van der Waals surface area contributed by atoms with E-state index in [9.17, 15) is 19.6 Å². The van der Waals surface area contributed by atoms with Crippen LogP contribution in [0.4, 0.5) is 0 Å². The van der Waals surface area contributed by atoms with Crippen LogP contribution in [0.2, 0.25) is 0 Å². The van der Waals surface area contributed by atoms with Crippen LogP contribution in [0.25, 0.3) is 0 Å². The van der Waals surface area contributed by atoms with Crippen LogP contribution < -0.4 is 26.0 Å². The lowest BCUT2D eigenvalue weighted by Crippen LogP contribution is -2.46. The first-order valence-electron chi connectivity index (χ1n) is 10.9. The smallest absolute Gasteiger partial charge is 0.331 e. The van der Waals surface area contributed by atoms with Crippen molar-refractivity contribution in [2.24, 2.45) is 5.92 Å². The number of ether oxygens (including phenoxy) is 2. The number of rotatable bonds is 5. The van der Waals surface area contributed by atoms with Gasteiger partial charge in [0.05, 0.1) is 19.3 Å². The van der Waals surface area contributed by atoms with Gasteiger partial charge in [-0.3, -0.25) is 14.2 Å². The maximum absolute atomic E-state index is 12.9. The van der Waals surface area contributed by atoms with E-state index in [1.807, 2.05) is 38.1 Å². The largest absolute Gasteiger partial charge is 0.490 e. The van der Waals surface area contributed by atoms with Gasteiger partial charge < -0.3 is 14.8 Å². The highest BCUT2D eigenvalue weighted by Gasteiger charge is 2.25. The molecule has 3 heterocycles. The number of hydrogen-bond acceptors (Lipinski definition) is 6. The Kier molecular flexibility index (Phi) is 6.04. The standard InChI is InChI=1S/C23H26N4O5/c1-14(2)21(15-6-7-18-19(11-15)32-10-4-9-31-18)25-20(28)13-27-22(29)16(12-24)17-5-3-8-26(17)23(27)30/h6-7,11,14,21H,3-5,8-10,13H2,1-2H3,(H,25,28)/t21-/m0/s1. The molecule has 32 heavy (non-hydrogen) atoms. The molecule has 0 saturated carbocycles. The monoisotopic (exact) mass is 438 g/mol. The number of aromatic nitrogens is 2. The van der Waals surface area contributed by atoms with Gasteiger partial charge in [-0.25, -0.2) is 9.36 Å². The molecule has 9 heteroatoms. The summed E-state index contributed by atoms with van der Waals surface area (Å²) in [7, 11) is 0. The van der Waals surface area contributed by atoms with Gasteiger partial charge in [-0.1, -0.05) is 19.9 Å². The van der Waals surface area contributed by atoms with Crippen LogP contribution in [-0.4, -0.2) is 28.3 Å². The minimum atomic E-state index is -0.711. The van der Waals surface area contributed by atoms with Crippen molar-refractivity contribution >= 4 is 5.91 Å². The van der Waals surface area contributed by atoms with Gasteiger partial charge in [-0.2, -0.15) is 5.26 Å². The van der Waals surface area contributed by atoms with E-state index in [1.165, 1.54) is 4.57 Å². The molecule has 4 rings (SSSR count). The first-order chi connectivity index (χ1) is 15.4. The van der Waals surface area contributed by atoms with Gasteiger partial charge in [-0.05, 0) is 36.5 Å². The Morgan fingerprint density at radius 1 is 1.19 bits per heavy atom. The normalized spacial score (nSPS) is 15.6. The molecule has 1 aromatic heterocycles. The van der Waals surface area contributed by atoms with E-state index in [4.69, 9.17) is 9.47 Å². The second-order valence-corrected chi connectivity index (χ2v) is 8.41. The van der Waals surface area contributed by atoms with Gasteiger partial charge in [-0.15, -0.1) is 0 Å². The van der Waals surface area contributed by atoms with Gasteiger partial charge in [0, 0.05) is 18.7 Å². The molecule has 2 aliphatic rings. The highest BCUT2D eigenvalue weighted by molar-refractivity contribution is 5.76. The molecule has 0 bridgehead atoms. The third kappa shape index (κ3) is 4.00. The zero-order valence-electron chi connectivity index (χ0n) is 18.2. The molecule has 0 unspecified atom stereocenters. The summed E-state index contributed by atoms with van der Waals surface area (Å²) in [5.41, 5.74) is -0.0104. The molecule has 2 aromatic rings. The zero-order chi connectivity index (χ0) is 22.8. The van der Waals surface area contributed by atoms with Crippen molar-refractivity contribution in [1.29, 1.82) is 5.26 Å². The first-order valence-corrected chi connectivity index (χ1v) is 10.9. The number of carbonyl (C=O) groups is 1. The molecule has 168 valence electrons. The number of benzene rings is 1. The summed E-state index contributed by atoms with van der Waals surface area (Å²) in [6.07, 6.45) is 2.00. The Balaban J connectivity index is 1.60. The molecule has 9 nitrogen and oxygen atoms in total. The Labute approximate surface area is 185 Å². The van der Waals surface area contributed by atoms with Gasteiger partial charge in [0.15, 0.2) is 11.5 Å². The van der Waals surface area contributed by atoms with Gasteiger partial charge in [0.1, 0.15) is 18.2 Å². The minimum absolute atomic E-state index is 0.0382. The van der Waals surface area contributed by atoms with Crippen molar-refractivity contribution in [1.82, 2.24) is 14.5 Å². The second kappa shape index (κ2) is 8.91. The van der Waals surface area contributed by atoms with Crippen LogP contribution in [0.15, 0.2) is 27.8 Å². The van der Waals surface area contributed by atoms with Crippen molar-refractivity contribution in [2.45, 2.75) is 52.2 Å². The summed E-state index contributed by atoms with van der Waals surface area (Å²) in [4.78, 5) is 38.4. The molecule has 0 saturated heterocycles. The van der Waals surface area contributed by atoms with Crippen LogP contribution in [0, 0.1) is 17.2 Å². The van der Waals surface area contributed by atoms with E-state index in [0.717, 1.165) is 16.6 Å². The fourth-order valence-corrected chi connectivity index (χ4v) is 4.26. The third-order valence-corrected chi connectivity index (χ3v) is 5.86. The van der Waals surface area contributed by atoms with Gasteiger partial charge in [0.25, 0.3) is 5.56 Å². The molecule has 0 fully saturated rings. The Bertz CT molecular complexity index is 1200. The Hall–Kier alpha value is -3.54. The minimum Gasteiger partial charge on any atom is -0.490 e. The number of amides is 1. The highest BCUT2D eigenvalue weighted by Crippen LogP contribution is 2.34. The van der Waals surface area contributed by atoms with E-state index in [0.29, 0.717) is 49.8 Å². The number of hydrogen-bond donors (Lipinski definition) is 1. The van der Waals surface area contributed by atoms with Gasteiger partial charge >= 0.3 is 5.69 Å². The molecular weight excluding hydrogens is 412 g/mol. The summed E-state index contributed by atoms with van der Waals surface area (Å²) in [6, 6.07) is 7.11. The summed E-state index contributed by atoms with van der Waals surface area (Å²) >= 11 is 0. The highest BCUT2D eigenvalue weighted by atomic mass is 16.5. The van der Waals surface area contributed by atoms with E-state index >= 15 is 0 Å². The quantitative estimate of drug-likeness (QED) is 0.757. The first kappa shape index (κ1) is 21.7. The van der Waals surface area contributed by atoms with E-state index in [2.05, 4.69) is 5.32 Å². The second-order valence-electron chi connectivity index (χ2n) is 8.41. The maximum Gasteiger partial charge on any atom is 0.331 e. The van der Waals surface area contributed by atoms with Crippen LogP contribution in [0.5, 0.6) is 11.5 Å². The average Bonchev–Trinajstić information content (AvgIpc) is 3.13. The lowest BCUT2D eigenvalue weighted by Gasteiger charge is -2.24. The number of nitrogens with one attached hydrogen (secondary N) is 1. The molecule has 1 atom stereocenters. The van der Waals surface area contributed by atoms with E-state index < -0.39 is 23.7 Å². The molecule has 1 N–H and O–H groups in total. The summed E-state index contributed by atoms with van der Waals surface area (Å²) in [5.74, 6) is 0.863. The molecule has 2 aliphatic heterocycles. The SMILES string of the molecule is CC(C)[C@H](NC(=O)Cn1c(=O)c(C#N)c2n(c1=O)CCC2)c1ccc2c(c1)OCCCO2. The van der Waals surface area contributed by atoms with Crippen molar-refractivity contribution < 1.29 is 14.3 Å². The Morgan fingerprint density at radius 3 is 2.66 bits per heavy atom. The molecule has 1 amide bonds. The third-order valence-electron chi connectivity index (χ3n) is 5.86. The molecule has 0 spiro atoms. The van der Waals surface area contributed by atoms with Crippen molar-refractivity contribution in [3.05, 3.63) is 55.9 Å². The number of carbonyl (C=O) groups excluding carboxylic acids is 1. The fraction of sp³-hybridized carbons (Fsp3) is 0.478. The van der Waals surface area contributed by atoms with Crippen molar-refractivity contribution in [3.63, 3.8) is 0 Å². The van der Waals surface area contributed by atoms with Crippen LogP contribution >= 0.6 is 0 Å².